The Hall–Kier alpha value is -2.65. The summed E-state index contributed by atoms with van der Waals surface area (Å²) in [7, 11) is -1.88. The predicted octanol–water partition coefficient (Wildman–Crippen LogP) is 2.54. The number of likely N-dealkylation sites (tertiary alicyclic amines) is 1. The maximum atomic E-state index is 13.1. The molecule has 2 aliphatic heterocycles. The predicted molar refractivity (Wildman–Crippen MR) is 126 cm³/mol. The molecule has 9 heteroatoms. The summed E-state index contributed by atoms with van der Waals surface area (Å²) < 4.78 is 29.1. The largest absolute Gasteiger partial charge is 0.349 e. The third-order valence-electron chi connectivity index (χ3n) is 6.66. The van der Waals surface area contributed by atoms with E-state index >= 15 is 0 Å². The van der Waals surface area contributed by atoms with E-state index in [1.54, 1.807) is 16.5 Å². The monoisotopic (exact) mass is 472 g/mol. The van der Waals surface area contributed by atoms with E-state index in [1.165, 1.54) is 16.6 Å². The van der Waals surface area contributed by atoms with Crippen LogP contribution in [0.3, 0.4) is 0 Å². The van der Waals surface area contributed by atoms with Gasteiger partial charge in [0.1, 0.15) is 10.6 Å². The molecule has 0 radical (unpaired) electrons. The second-order valence-corrected chi connectivity index (χ2v) is 10.9. The van der Waals surface area contributed by atoms with Crippen LogP contribution in [0.15, 0.2) is 41.4 Å². The Kier molecular flexibility index (Phi) is 6.90. The summed E-state index contributed by atoms with van der Waals surface area (Å²) in [6, 6.07) is 8.98. The minimum Gasteiger partial charge on any atom is -0.349 e. The van der Waals surface area contributed by atoms with Crippen LogP contribution in [0.5, 0.6) is 0 Å². The minimum atomic E-state index is -3.59. The molecule has 0 saturated carbocycles. The number of carbonyl (C=O) groups is 2. The Bertz CT molecular complexity index is 1130. The summed E-state index contributed by atoms with van der Waals surface area (Å²) in [6.45, 7) is 3.99. The van der Waals surface area contributed by atoms with Crippen LogP contribution in [-0.4, -0.2) is 66.2 Å². The number of hydrogen-bond acceptors (Lipinski definition) is 4. The van der Waals surface area contributed by atoms with Crippen LogP contribution < -0.4 is 5.32 Å². The lowest BCUT2D eigenvalue weighted by Gasteiger charge is -2.32. The van der Waals surface area contributed by atoms with Crippen molar-refractivity contribution in [3.63, 3.8) is 0 Å². The quantitative estimate of drug-likeness (QED) is 0.724. The van der Waals surface area contributed by atoms with Crippen molar-refractivity contribution in [3.8, 4) is 0 Å². The molecular weight excluding hydrogens is 440 g/mol. The highest BCUT2D eigenvalue weighted by Gasteiger charge is 2.31. The van der Waals surface area contributed by atoms with E-state index in [0.717, 1.165) is 24.8 Å². The summed E-state index contributed by atoms with van der Waals surface area (Å²) >= 11 is 0. The fourth-order valence-electron chi connectivity index (χ4n) is 4.62. The Morgan fingerprint density at radius 2 is 1.67 bits per heavy atom. The number of sulfonamides is 1. The zero-order valence-electron chi connectivity index (χ0n) is 19.3. The van der Waals surface area contributed by atoms with Crippen LogP contribution in [0.1, 0.15) is 58.5 Å². The summed E-state index contributed by atoms with van der Waals surface area (Å²) in [5, 5.41) is 3.08. The maximum Gasteiger partial charge on any atom is 0.270 e. The van der Waals surface area contributed by atoms with Crippen molar-refractivity contribution >= 4 is 21.8 Å². The summed E-state index contributed by atoms with van der Waals surface area (Å²) in [5.41, 5.74) is 1.97. The van der Waals surface area contributed by atoms with Gasteiger partial charge in [-0.15, -0.1) is 0 Å². The molecule has 0 spiro atoms. The number of rotatable bonds is 5. The zero-order valence-corrected chi connectivity index (χ0v) is 20.1. The first kappa shape index (κ1) is 23.5. The highest BCUT2D eigenvalue weighted by molar-refractivity contribution is 7.89. The molecule has 178 valence electrons. The Labute approximate surface area is 195 Å². The highest BCUT2D eigenvalue weighted by Crippen LogP contribution is 2.24. The number of piperidine rings is 2. The van der Waals surface area contributed by atoms with Crippen molar-refractivity contribution < 1.29 is 18.0 Å². The van der Waals surface area contributed by atoms with Gasteiger partial charge in [0, 0.05) is 51.0 Å². The zero-order chi connectivity index (χ0) is 23.6. The van der Waals surface area contributed by atoms with Crippen molar-refractivity contribution in [2.45, 2.75) is 50.0 Å². The first-order valence-electron chi connectivity index (χ1n) is 11.6. The molecule has 4 rings (SSSR count). The van der Waals surface area contributed by atoms with Gasteiger partial charge in [-0.25, -0.2) is 8.42 Å². The second kappa shape index (κ2) is 9.69. The first-order chi connectivity index (χ1) is 15.8. The Morgan fingerprint density at radius 3 is 2.33 bits per heavy atom. The van der Waals surface area contributed by atoms with E-state index in [1.807, 2.05) is 31.2 Å². The molecule has 2 aliphatic rings. The number of aromatic nitrogens is 1. The molecule has 1 aromatic heterocycles. The van der Waals surface area contributed by atoms with Crippen molar-refractivity contribution in [3.05, 3.63) is 53.3 Å². The van der Waals surface area contributed by atoms with Crippen LogP contribution in [0.4, 0.5) is 0 Å². The molecule has 2 amide bonds. The first-order valence-corrected chi connectivity index (χ1v) is 13.0. The van der Waals surface area contributed by atoms with Crippen LogP contribution >= 0.6 is 0 Å². The molecule has 3 heterocycles. The van der Waals surface area contributed by atoms with Gasteiger partial charge in [0.25, 0.3) is 11.8 Å². The van der Waals surface area contributed by atoms with Crippen molar-refractivity contribution in [1.29, 1.82) is 0 Å². The van der Waals surface area contributed by atoms with E-state index < -0.39 is 10.0 Å². The SMILES string of the molecule is Cc1ccccc1C(=O)NC1CCN(C(=O)c2cc(S(=O)(=O)N3CCCCC3)cn2C)CC1. The van der Waals surface area contributed by atoms with Crippen LogP contribution in [-0.2, 0) is 17.1 Å². The Balaban J connectivity index is 1.38. The minimum absolute atomic E-state index is 0.00427. The van der Waals surface area contributed by atoms with Crippen molar-refractivity contribution in [2.24, 2.45) is 7.05 Å². The molecule has 1 aromatic carbocycles. The lowest BCUT2D eigenvalue weighted by atomic mass is 10.0. The highest BCUT2D eigenvalue weighted by atomic mass is 32.2. The van der Waals surface area contributed by atoms with E-state index in [9.17, 15) is 18.0 Å². The van der Waals surface area contributed by atoms with E-state index in [4.69, 9.17) is 0 Å². The second-order valence-electron chi connectivity index (χ2n) is 8.99. The van der Waals surface area contributed by atoms with Gasteiger partial charge < -0.3 is 14.8 Å². The van der Waals surface area contributed by atoms with Gasteiger partial charge in [0.15, 0.2) is 0 Å². The average Bonchev–Trinajstić information content (AvgIpc) is 3.22. The van der Waals surface area contributed by atoms with Gasteiger partial charge in [-0.2, -0.15) is 4.31 Å². The number of carbonyl (C=O) groups excluding carboxylic acids is 2. The molecule has 2 saturated heterocycles. The molecule has 33 heavy (non-hydrogen) atoms. The van der Waals surface area contributed by atoms with Crippen LogP contribution in [0.2, 0.25) is 0 Å². The summed E-state index contributed by atoms with van der Waals surface area (Å²) in [4.78, 5) is 27.6. The Morgan fingerprint density at radius 1 is 1.00 bits per heavy atom. The maximum absolute atomic E-state index is 13.1. The number of hydrogen-bond donors (Lipinski definition) is 1. The van der Waals surface area contributed by atoms with Gasteiger partial charge in [0.05, 0.1) is 0 Å². The number of aryl methyl sites for hydroxylation is 2. The van der Waals surface area contributed by atoms with Crippen molar-refractivity contribution in [1.82, 2.24) is 19.1 Å². The molecular formula is C24H32N4O4S. The summed E-state index contributed by atoms with van der Waals surface area (Å²) in [6.07, 6.45) is 5.64. The lowest BCUT2D eigenvalue weighted by Crippen LogP contribution is -2.47. The number of amides is 2. The van der Waals surface area contributed by atoms with Gasteiger partial charge in [-0.1, -0.05) is 24.6 Å². The third-order valence-corrected chi connectivity index (χ3v) is 8.52. The lowest BCUT2D eigenvalue weighted by molar-refractivity contribution is 0.0689. The van der Waals surface area contributed by atoms with E-state index in [0.29, 0.717) is 50.3 Å². The van der Waals surface area contributed by atoms with Crippen LogP contribution in [0, 0.1) is 6.92 Å². The van der Waals surface area contributed by atoms with Crippen molar-refractivity contribution in [2.75, 3.05) is 26.2 Å². The summed E-state index contributed by atoms with van der Waals surface area (Å²) in [5.74, 6) is -0.269. The standard InChI is InChI=1S/C24H32N4O4S/c1-18-8-4-5-9-21(18)23(29)25-19-10-14-27(15-11-19)24(30)22-16-20(17-26(22)2)33(31,32)28-12-6-3-7-13-28/h4-5,8-9,16-17,19H,3,6-7,10-15H2,1-2H3,(H,25,29). The molecule has 0 bridgehead atoms. The van der Waals surface area contributed by atoms with Gasteiger partial charge >= 0.3 is 0 Å². The topological polar surface area (TPSA) is 91.7 Å². The smallest absolute Gasteiger partial charge is 0.270 e. The van der Waals surface area contributed by atoms with E-state index in [-0.39, 0.29) is 22.8 Å². The van der Waals surface area contributed by atoms with Gasteiger partial charge in [0.2, 0.25) is 10.0 Å². The molecule has 8 nitrogen and oxygen atoms in total. The molecule has 0 aliphatic carbocycles. The fourth-order valence-corrected chi connectivity index (χ4v) is 6.21. The molecule has 0 unspecified atom stereocenters. The average molecular weight is 473 g/mol. The van der Waals surface area contributed by atoms with Gasteiger partial charge in [-0.05, 0) is 50.3 Å². The molecule has 1 N–H and O–H groups in total. The normalized spacial score (nSPS) is 18.3. The van der Waals surface area contributed by atoms with E-state index in [2.05, 4.69) is 5.32 Å². The van der Waals surface area contributed by atoms with Crippen LogP contribution in [0.25, 0.3) is 0 Å². The number of nitrogens with zero attached hydrogens (tertiary/aromatic N) is 3. The molecule has 2 aromatic rings. The number of benzene rings is 1. The number of nitrogens with one attached hydrogen (secondary N) is 1. The fraction of sp³-hybridized carbons (Fsp3) is 0.500. The third kappa shape index (κ3) is 4.99. The van der Waals surface area contributed by atoms with Gasteiger partial charge in [-0.3, -0.25) is 9.59 Å². The molecule has 0 atom stereocenters. The molecule has 2 fully saturated rings.